The van der Waals surface area contributed by atoms with Crippen molar-refractivity contribution in [3.8, 4) is 5.75 Å². The van der Waals surface area contributed by atoms with Crippen molar-refractivity contribution in [3.05, 3.63) is 46.7 Å². The summed E-state index contributed by atoms with van der Waals surface area (Å²) in [6.07, 6.45) is 2.25. The Hall–Kier alpha value is -1.85. The van der Waals surface area contributed by atoms with Crippen molar-refractivity contribution in [2.45, 2.75) is 31.8 Å². The summed E-state index contributed by atoms with van der Waals surface area (Å²) in [4.78, 5) is 16.3. The van der Waals surface area contributed by atoms with Gasteiger partial charge in [0.15, 0.2) is 0 Å². The SMILES string of the molecule is COc1ccccc1NC(=O)[C@@H](C)N1CCC[C@@H]1c1cccs1. The van der Waals surface area contributed by atoms with Gasteiger partial charge in [0.2, 0.25) is 5.91 Å². The first kappa shape index (κ1) is 16.0. The minimum atomic E-state index is -0.172. The molecule has 0 radical (unpaired) electrons. The molecule has 0 unspecified atom stereocenters. The number of para-hydroxylation sites is 2. The standard InChI is InChI=1S/C18H22N2O2S/c1-13(18(21)19-14-7-3-4-9-16(14)22-2)20-11-5-8-15(20)17-10-6-12-23-17/h3-4,6-7,9-10,12-13,15H,5,8,11H2,1-2H3,(H,19,21)/t13-,15-/m1/s1. The molecule has 2 heterocycles. The highest BCUT2D eigenvalue weighted by atomic mass is 32.1. The number of amides is 1. The normalized spacial score (nSPS) is 19.5. The van der Waals surface area contributed by atoms with Gasteiger partial charge < -0.3 is 10.1 Å². The zero-order valence-corrected chi connectivity index (χ0v) is 14.3. The molecule has 2 aromatic rings. The van der Waals surface area contributed by atoms with E-state index in [-0.39, 0.29) is 11.9 Å². The third-order valence-corrected chi connectivity index (χ3v) is 5.38. The van der Waals surface area contributed by atoms with Gasteiger partial charge in [-0.05, 0) is 49.9 Å². The number of anilines is 1. The lowest BCUT2D eigenvalue weighted by molar-refractivity contribution is -0.121. The number of thiophene rings is 1. The van der Waals surface area contributed by atoms with Crippen LogP contribution in [0.25, 0.3) is 0 Å². The van der Waals surface area contributed by atoms with Crippen LogP contribution in [0.15, 0.2) is 41.8 Å². The van der Waals surface area contributed by atoms with E-state index in [0.717, 1.165) is 25.1 Å². The van der Waals surface area contributed by atoms with Gasteiger partial charge in [0.25, 0.3) is 0 Å². The van der Waals surface area contributed by atoms with Crippen molar-refractivity contribution in [1.82, 2.24) is 4.90 Å². The number of ether oxygens (including phenoxy) is 1. The van der Waals surface area contributed by atoms with Crippen molar-refractivity contribution < 1.29 is 9.53 Å². The van der Waals surface area contributed by atoms with E-state index in [1.54, 1.807) is 18.4 Å². The summed E-state index contributed by atoms with van der Waals surface area (Å²) in [5, 5.41) is 5.10. The van der Waals surface area contributed by atoms with Crippen LogP contribution in [0.2, 0.25) is 0 Å². The predicted octanol–water partition coefficient (Wildman–Crippen LogP) is 3.92. The molecule has 1 aliphatic rings. The first-order valence-electron chi connectivity index (χ1n) is 7.93. The average molecular weight is 330 g/mol. The maximum atomic E-state index is 12.7. The van der Waals surface area contributed by atoms with Crippen molar-refractivity contribution in [2.75, 3.05) is 19.0 Å². The molecular weight excluding hydrogens is 308 g/mol. The van der Waals surface area contributed by atoms with Gasteiger partial charge in [-0.1, -0.05) is 18.2 Å². The van der Waals surface area contributed by atoms with Crippen LogP contribution in [-0.4, -0.2) is 30.5 Å². The van der Waals surface area contributed by atoms with Crippen LogP contribution in [0.5, 0.6) is 5.75 Å². The molecule has 1 aliphatic heterocycles. The number of carbonyl (C=O) groups excluding carboxylic acids is 1. The molecular formula is C18H22N2O2S. The number of methoxy groups -OCH3 is 1. The number of nitrogens with zero attached hydrogens (tertiary/aromatic N) is 1. The van der Waals surface area contributed by atoms with Crippen LogP contribution in [0.3, 0.4) is 0 Å². The van der Waals surface area contributed by atoms with Gasteiger partial charge in [-0.25, -0.2) is 0 Å². The molecule has 0 spiro atoms. The fourth-order valence-electron chi connectivity index (χ4n) is 3.17. The molecule has 5 heteroatoms. The third-order valence-electron chi connectivity index (χ3n) is 4.41. The summed E-state index contributed by atoms with van der Waals surface area (Å²) in [7, 11) is 1.61. The van der Waals surface area contributed by atoms with E-state index in [1.807, 2.05) is 31.2 Å². The largest absolute Gasteiger partial charge is 0.495 e. The lowest BCUT2D eigenvalue weighted by Gasteiger charge is -2.29. The highest BCUT2D eigenvalue weighted by molar-refractivity contribution is 7.10. The fourth-order valence-corrected chi connectivity index (χ4v) is 4.06. The molecule has 2 atom stereocenters. The van der Waals surface area contributed by atoms with Crippen LogP contribution in [-0.2, 0) is 4.79 Å². The Morgan fingerprint density at radius 2 is 2.17 bits per heavy atom. The van der Waals surface area contributed by atoms with Gasteiger partial charge in [0.05, 0.1) is 18.8 Å². The summed E-state index contributed by atoms with van der Waals surface area (Å²) in [6, 6.07) is 11.9. The molecule has 1 fully saturated rings. The molecule has 3 rings (SSSR count). The van der Waals surface area contributed by atoms with E-state index < -0.39 is 0 Å². The third kappa shape index (κ3) is 3.41. The first-order valence-corrected chi connectivity index (χ1v) is 8.81. The number of nitrogens with one attached hydrogen (secondary N) is 1. The van der Waals surface area contributed by atoms with Gasteiger partial charge in [-0.15, -0.1) is 11.3 Å². The van der Waals surface area contributed by atoms with Crippen LogP contribution < -0.4 is 10.1 Å². The molecule has 23 heavy (non-hydrogen) atoms. The van der Waals surface area contributed by atoms with E-state index in [9.17, 15) is 4.79 Å². The zero-order chi connectivity index (χ0) is 16.2. The van der Waals surface area contributed by atoms with Gasteiger partial charge >= 0.3 is 0 Å². The van der Waals surface area contributed by atoms with E-state index >= 15 is 0 Å². The lowest BCUT2D eigenvalue weighted by Crippen LogP contribution is -2.41. The molecule has 0 bridgehead atoms. The lowest BCUT2D eigenvalue weighted by atomic mass is 10.1. The first-order chi connectivity index (χ1) is 11.2. The fraction of sp³-hybridized carbons (Fsp3) is 0.389. The number of hydrogen-bond acceptors (Lipinski definition) is 4. The monoisotopic (exact) mass is 330 g/mol. The Morgan fingerprint density at radius 1 is 1.35 bits per heavy atom. The number of rotatable bonds is 5. The molecule has 4 nitrogen and oxygen atoms in total. The number of carbonyl (C=O) groups is 1. The molecule has 1 N–H and O–H groups in total. The summed E-state index contributed by atoms with van der Waals surface area (Å²) < 4.78 is 5.30. The minimum absolute atomic E-state index is 0.0120. The van der Waals surface area contributed by atoms with Crippen molar-refractivity contribution in [2.24, 2.45) is 0 Å². The average Bonchev–Trinajstić information content (AvgIpc) is 3.25. The highest BCUT2D eigenvalue weighted by Gasteiger charge is 2.33. The molecule has 0 aliphatic carbocycles. The maximum Gasteiger partial charge on any atom is 0.241 e. The van der Waals surface area contributed by atoms with Crippen LogP contribution in [0.4, 0.5) is 5.69 Å². The Kier molecular flexibility index (Phi) is 4.98. The smallest absolute Gasteiger partial charge is 0.241 e. The predicted molar refractivity (Wildman–Crippen MR) is 94.1 cm³/mol. The van der Waals surface area contributed by atoms with Crippen molar-refractivity contribution in [3.63, 3.8) is 0 Å². The minimum Gasteiger partial charge on any atom is -0.495 e. The van der Waals surface area contributed by atoms with E-state index in [4.69, 9.17) is 4.74 Å². The number of benzene rings is 1. The topological polar surface area (TPSA) is 41.6 Å². The molecule has 122 valence electrons. The molecule has 1 aromatic heterocycles. The van der Waals surface area contributed by atoms with E-state index in [0.29, 0.717) is 11.8 Å². The Morgan fingerprint density at radius 3 is 2.91 bits per heavy atom. The summed E-state index contributed by atoms with van der Waals surface area (Å²) in [5.41, 5.74) is 0.721. The van der Waals surface area contributed by atoms with Gasteiger partial charge in [0.1, 0.15) is 5.75 Å². The Labute approximate surface area is 141 Å². The number of likely N-dealkylation sites (tertiary alicyclic amines) is 1. The second kappa shape index (κ2) is 7.15. The zero-order valence-electron chi connectivity index (χ0n) is 13.5. The van der Waals surface area contributed by atoms with Crippen LogP contribution in [0.1, 0.15) is 30.7 Å². The Bertz CT molecular complexity index is 657. The maximum absolute atomic E-state index is 12.7. The highest BCUT2D eigenvalue weighted by Crippen LogP contribution is 2.36. The van der Waals surface area contributed by atoms with Crippen LogP contribution in [0, 0.1) is 0 Å². The van der Waals surface area contributed by atoms with E-state index in [2.05, 4.69) is 27.7 Å². The molecule has 1 saturated heterocycles. The van der Waals surface area contributed by atoms with Gasteiger partial charge in [-0.2, -0.15) is 0 Å². The molecule has 0 saturated carbocycles. The summed E-state index contributed by atoms with van der Waals surface area (Å²) >= 11 is 1.77. The summed E-state index contributed by atoms with van der Waals surface area (Å²) in [6.45, 7) is 2.94. The van der Waals surface area contributed by atoms with Crippen molar-refractivity contribution in [1.29, 1.82) is 0 Å². The molecule has 1 aromatic carbocycles. The van der Waals surface area contributed by atoms with Crippen LogP contribution >= 0.6 is 11.3 Å². The van der Waals surface area contributed by atoms with Gasteiger partial charge in [-0.3, -0.25) is 9.69 Å². The summed E-state index contributed by atoms with van der Waals surface area (Å²) in [5.74, 6) is 0.697. The van der Waals surface area contributed by atoms with Gasteiger partial charge in [0, 0.05) is 10.9 Å². The van der Waals surface area contributed by atoms with E-state index in [1.165, 1.54) is 4.88 Å². The quantitative estimate of drug-likeness (QED) is 0.903. The second-order valence-electron chi connectivity index (χ2n) is 5.78. The Balaban J connectivity index is 1.72. The second-order valence-corrected chi connectivity index (χ2v) is 6.76. The van der Waals surface area contributed by atoms with Crippen molar-refractivity contribution >= 4 is 22.9 Å². The number of hydrogen-bond donors (Lipinski definition) is 1. The molecule has 1 amide bonds.